The molecule has 1 atom stereocenters. The molecule has 0 amide bonds. The fourth-order valence-electron chi connectivity index (χ4n) is 3.25. The second-order valence-electron chi connectivity index (χ2n) is 5.42. The molecule has 0 bridgehead atoms. The lowest BCUT2D eigenvalue weighted by Gasteiger charge is -2.39. The summed E-state index contributed by atoms with van der Waals surface area (Å²) < 4.78 is 0.933. The van der Waals surface area contributed by atoms with Gasteiger partial charge in [0.05, 0.1) is 0 Å². The summed E-state index contributed by atoms with van der Waals surface area (Å²) in [5.41, 5.74) is 7.66. The number of anilines is 1. The normalized spacial score (nSPS) is 23.9. The maximum absolute atomic E-state index is 8.97. The smallest absolute Gasteiger partial charge is 0.172 e. The lowest BCUT2D eigenvalue weighted by atomic mass is 10.1. The van der Waals surface area contributed by atoms with Crippen molar-refractivity contribution in [2.75, 3.05) is 31.1 Å². The molecule has 0 saturated carbocycles. The first kappa shape index (κ1) is 13.7. The molecule has 1 aromatic rings. The Morgan fingerprint density at radius 1 is 1.35 bits per heavy atom. The van der Waals surface area contributed by atoms with Crippen LogP contribution < -0.4 is 10.6 Å². The molecule has 2 heterocycles. The van der Waals surface area contributed by atoms with Gasteiger partial charge in [-0.3, -0.25) is 4.90 Å². The van der Waals surface area contributed by atoms with E-state index in [4.69, 9.17) is 10.9 Å². The van der Waals surface area contributed by atoms with E-state index in [9.17, 15) is 0 Å². The van der Waals surface area contributed by atoms with Gasteiger partial charge in [-0.25, -0.2) is 0 Å². The Balaban J connectivity index is 1.90. The average molecular weight is 339 g/mol. The summed E-state index contributed by atoms with van der Waals surface area (Å²) in [5.74, 6) is 0.162. The number of rotatable bonds is 2. The molecule has 2 saturated heterocycles. The lowest BCUT2D eigenvalue weighted by Crippen LogP contribution is -2.50. The second-order valence-corrected chi connectivity index (χ2v) is 6.34. The lowest BCUT2D eigenvalue weighted by molar-refractivity contribution is 0.231. The van der Waals surface area contributed by atoms with Gasteiger partial charge in [-0.2, -0.15) is 0 Å². The monoisotopic (exact) mass is 338 g/mol. The van der Waals surface area contributed by atoms with Gasteiger partial charge in [0.15, 0.2) is 5.84 Å². The molecule has 2 fully saturated rings. The van der Waals surface area contributed by atoms with Crippen LogP contribution in [0.5, 0.6) is 0 Å². The Kier molecular flexibility index (Phi) is 3.85. The highest BCUT2D eigenvalue weighted by Crippen LogP contribution is 2.29. The van der Waals surface area contributed by atoms with E-state index in [0.29, 0.717) is 6.04 Å². The number of nitrogens with two attached hydrogens (primary N) is 1. The minimum atomic E-state index is 0.162. The number of benzene rings is 1. The van der Waals surface area contributed by atoms with Crippen molar-refractivity contribution in [3.8, 4) is 0 Å². The topological polar surface area (TPSA) is 65.1 Å². The molecule has 0 aliphatic carbocycles. The van der Waals surface area contributed by atoms with Crippen molar-refractivity contribution in [1.29, 1.82) is 0 Å². The molecule has 20 heavy (non-hydrogen) atoms. The second kappa shape index (κ2) is 5.61. The van der Waals surface area contributed by atoms with E-state index in [1.54, 1.807) is 0 Å². The summed E-state index contributed by atoms with van der Waals surface area (Å²) in [7, 11) is 0. The van der Waals surface area contributed by atoms with Gasteiger partial charge in [0.2, 0.25) is 0 Å². The molecule has 1 unspecified atom stereocenters. The SMILES string of the molecule is N/C(=N/O)c1cc(Br)ccc1N1CCN2CCCC2C1. The number of hydrogen-bond acceptors (Lipinski definition) is 4. The van der Waals surface area contributed by atoms with Crippen molar-refractivity contribution in [3.05, 3.63) is 28.2 Å². The minimum Gasteiger partial charge on any atom is -0.409 e. The highest BCUT2D eigenvalue weighted by molar-refractivity contribution is 9.10. The van der Waals surface area contributed by atoms with E-state index >= 15 is 0 Å². The Bertz CT molecular complexity index is 534. The molecule has 0 radical (unpaired) electrons. The summed E-state index contributed by atoms with van der Waals surface area (Å²) in [4.78, 5) is 4.92. The fraction of sp³-hybridized carbons (Fsp3) is 0.500. The van der Waals surface area contributed by atoms with Crippen LogP contribution in [0.1, 0.15) is 18.4 Å². The minimum absolute atomic E-state index is 0.162. The molecule has 108 valence electrons. The van der Waals surface area contributed by atoms with Crippen molar-refractivity contribution < 1.29 is 5.21 Å². The summed E-state index contributed by atoms with van der Waals surface area (Å²) in [6.45, 7) is 4.33. The first-order valence-corrected chi connectivity index (χ1v) is 7.75. The van der Waals surface area contributed by atoms with Crippen LogP contribution in [0, 0.1) is 0 Å². The van der Waals surface area contributed by atoms with Gasteiger partial charge in [-0.1, -0.05) is 21.1 Å². The number of halogens is 1. The zero-order chi connectivity index (χ0) is 14.1. The van der Waals surface area contributed by atoms with E-state index in [1.807, 2.05) is 18.2 Å². The molecule has 5 nitrogen and oxygen atoms in total. The maximum atomic E-state index is 8.97. The Morgan fingerprint density at radius 2 is 2.20 bits per heavy atom. The van der Waals surface area contributed by atoms with Crippen molar-refractivity contribution in [1.82, 2.24) is 4.90 Å². The van der Waals surface area contributed by atoms with Gasteiger partial charge in [0.25, 0.3) is 0 Å². The van der Waals surface area contributed by atoms with Crippen LogP contribution in [0.25, 0.3) is 0 Å². The van der Waals surface area contributed by atoms with Gasteiger partial charge >= 0.3 is 0 Å². The number of nitrogens with zero attached hydrogens (tertiary/aromatic N) is 3. The van der Waals surface area contributed by atoms with Crippen LogP contribution >= 0.6 is 15.9 Å². The van der Waals surface area contributed by atoms with Crippen LogP contribution in [-0.2, 0) is 0 Å². The Hall–Kier alpha value is -1.27. The molecule has 1 aromatic carbocycles. The molecular formula is C14H19BrN4O. The van der Waals surface area contributed by atoms with E-state index in [-0.39, 0.29) is 5.84 Å². The molecule has 3 rings (SSSR count). The Morgan fingerprint density at radius 3 is 3.00 bits per heavy atom. The summed E-state index contributed by atoms with van der Waals surface area (Å²) >= 11 is 3.44. The number of oxime groups is 1. The van der Waals surface area contributed by atoms with Crippen LogP contribution in [0.2, 0.25) is 0 Å². The summed E-state index contributed by atoms with van der Waals surface area (Å²) in [5, 5.41) is 12.1. The maximum Gasteiger partial charge on any atom is 0.172 e. The molecule has 0 aromatic heterocycles. The van der Waals surface area contributed by atoms with Crippen LogP contribution in [-0.4, -0.2) is 48.2 Å². The third-order valence-electron chi connectivity index (χ3n) is 4.27. The number of hydrogen-bond donors (Lipinski definition) is 2. The van der Waals surface area contributed by atoms with Crippen molar-refractivity contribution in [3.63, 3.8) is 0 Å². The predicted molar refractivity (Wildman–Crippen MR) is 83.5 cm³/mol. The van der Waals surface area contributed by atoms with E-state index < -0.39 is 0 Å². The number of piperazine rings is 1. The average Bonchev–Trinajstić information content (AvgIpc) is 2.93. The van der Waals surface area contributed by atoms with Crippen molar-refractivity contribution in [2.45, 2.75) is 18.9 Å². The molecule has 2 aliphatic heterocycles. The molecule has 0 spiro atoms. The van der Waals surface area contributed by atoms with Gasteiger partial charge in [0.1, 0.15) is 0 Å². The highest BCUT2D eigenvalue weighted by Gasteiger charge is 2.31. The van der Waals surface area contributed by atoms with Crippen molar-refractivity contribution in [2.24, 2.45) is 10.9 Å². The largest absolute Gasteiger partial charge is 0.409 e. The quantitative estimate of drug-likeness (QED) is 0.373. The summed E-state index contributed by atoms with van der Waals surface area (Å²) in [6, 6.07) is 6.60. The molecule has 2 aliphatic rings. The number of fused-ring (bicyclic) bond motifs is 1. The van der Waals surface area contributed by atoms with Gasteiger partial charge in [0, 0.05) is 41.4 Å². The molecule has 3 N–H and O–H groups in total. The first-order valence-electron chi connectivity index (χ1n) is 6.95. The van der Waals surface area contributed by atoms with Crippen LogP contribution in [0.4, 0.5) is 5.69 Å². The zero-order valence-corrected chi connectivity index (χ0v) is 12.9. The number of amidine groups is 1. The summed E-state index contributed by atoms with van der Waals surface area (Å²) in [6.07, 6.45) is 2.57. The van der Waals surface area contributed by atoms with E-state index in [2.05, 4.69) is 30.9 Å². The zero-order valence-electron chi connectivity index (χ0n) is 11.3. The van der Waals surface area contributed by atoms with Gasteiger partial charge < -0.3 is 15.8 Å². The van der Waals surface area contributed by atoms with Gasteiger partial charge in [-0.05, 0) is 37.6 Å². The molecular weight excluding hydrogens is 320 g/mol. The first-order chi connectivity index (χ1) is 9.69. The van der Waals surface area contributed by atoms with Crippen LogP contribution in [0.3, 0.4) is 0 Å². The van der Waals surface area contributed by atoms with E-state index in [0.717, 1.165) is 35.4 Å². The molecule has 6 heteroatoms. The predicted octanol–water partition coefficient (Wildman–Crippen LogP) is 1.83. The third-order valence-corrected chi connectivity index (χ3v) is 4.76. The third kappa shape index (κ3) is 2.50. The highest BCUT2D eigenvalue weighted by atomic mass is 79.9. The fourth-order valence-corrected chi connectivity index (χ4v) is 3.61. The van der Waals surface area contributed by atoms with Gasteiger partial charge in [-0.15, -0.1) is 0 Å². The Labute approximate surface area is 127 Å². The van der Waals surface area contributed by atoms with Crippen LogP contribution in [0.15, 0.2) is 27.8 Å². The van der Waals surface area contributed by atoms with E-state index in [1.165, 1.54) is 19.4 Å². The standard InChI is InChI=1S/C14H19BrN4O/c15-10-3-4-13(12(8-10)14(16)17-20)19-7-6-18-5-1-2-11(18)9-19/h3-4,8,11,20H,1-2,5-7,9H2,(H2,16,17). The van der Waals surface area contributed by atoms with Crippen molar-refractivity contribution >= 4 is 27.5 Å².